The predicted molar refractivity (Wildman–Crippen MR) is 84.9 cm³/mol. The topological polar surface area (TPSA) is 62.0 Å². The highest BCUT2D eigenvalue weighted by Crippen LogP contribution is 2.28. The third-order valence-corrected chi connectivity index (χ3v) is 3.14. The average Bonchev–Trinajstić information content (AvgIpc) is 2.39. The smallest absolute Gasteiger partial charge is 0.386 e. The summed E-state index contributed by atoms with van der Waals surface area (Å²) in [5.74, 6) is 1.28. The van der Waals surface area contributed by atoms with Crippen molar-refractivity contribution in [3.05, 3.63) is 47.2 Å². The van der Waals surface area contributed by atoms with Crippen molar-refractivity contribution in [2.24, 2.45) is 0 Å². The minimum absolute atomic E-state index is 0.134. The van der Waals surface area contributed by atoms with E-state index in [4.69, 9.17) is 4.74 Å². The zero-order valence-electron chi connectivity index (χ0n) is 14.0. The van der Waals surface area contributed by atoms with E-state index < -0.39 is 0 Å². The van der Waals surface area contributed by atoms with Crippen LogP contribution in [0.2, 0.25) is 0 Å². The van der Waals surface area contributed by atoms with Crippen LogP contribution in [0.5, 0.6) is 11.8 Å². The van der Waals surface area contributed by atoms with Crippen molar-refractivity contribution in [1.29, 1.82) is 0 Å². The molecule has 0 atom stereocenters. The lowest BCUT2D eigenvalue weighted by molar-refractivity contribution is -0.611. The molecule has 0 fully saturated rings. The molecule has 2 rings (SSSR count). The Kier molecular flexibility index (Phi) is 4.09. The number of pyridine rings is 1. The van der Waals surface area contributed by atoms with Crippen LogP contribution >= 0.6 is 0 Å². The Morgan fingerprint density at radius 2 is 1.68 bits per heavy atom. The molecule has 5 heteroatoms. The fourth-order valence-electron chi connectivity index (χ4n) is 1.80. The molecule has 2 aromatic rings. The highest BCUT2D eigenvalue weighted by atomic mass is 16.6. The van der Waals surface area contributed by atoms with E-state index in [2.05, 4.69) is 51.5 Å². The van der Waals surface area contributed by atoms with Crippen LogP contribution in [0.15, 0.2) is 30.5 Å². The first-order valence-corrected chi connectivity index (χ1v) is 7.33. The zero-order valence-corrected chi connectivity index (χ0v) is 14.0. The van der Waals surface area contributed by atoms with Crippen LogP contribution < -0.4 is 9.47 Å². The molecule has 0 radical (unpaired) electrons. The first kappa shape index (κ1) is 16.2. The van der Waals surface area contributed by atoms with Gasteiger partial charge in [-0.25, -0.2) is 4.98 Å². The molecule has 0 aliphatic carbocycles. The van der Waals surface area contributed by atoms with Gasteiger partial charge in [-0.05, 0) is 6.07 Å². The summed E-state index contributed by atoms with van der Waals surface area (Å²) < 4.78 is 6.36. The summed E-state index contributed by atoms with van der Waals surface area (Å²) in [6, 6.07) is 6.81. The lowest BCUT2D eigenvalue weighted by Crippen LogP contribution is -2.27. The van der Waals surface area contributed by atoms with Gasteiger partial charge in [-0.3, -0.25) is 0 Å². The van der Waals surface area contributed by atoms with Gasteiger partial charge in [-0.1, -0.05) is 41.5 Å². The number of rotatable bonds is 2. The van der Waals surface area contributed by atoms with Gasteiger partial charge in [0.25, 0.3) is 0 Å². The number of hydrogen-bond donors (Lipinski definition) is 0. The third kappa shape index (κ3) is 3.72. The second-order valence-corrected chi connectivity index (χ2v) is 7.38. The van der Waals surface area contributed by atoms with Crippen LogP contribution in [-0.2, 0) is 10.8 Å². The van der Waals surface area contributed by atoms with Crippen LogP contribution in [0.3, 0.4) is 0 Å². The van der Waals surface area contributed by atoms with Crippen LogP contribution in [0.25, 0.3) is 0 Å². The van der Waals surface area contributed by atoms with E-state index in [-0.39, 0.29) is 16.7 Å². The molecule has 0 unspecified atom stereocenters. The Morgan fingerprint density at radius 3 is 2.23 bits per heavy atom. The van der Waals surface area contributed by atoms with Crippen LogP contribution in [0.1, 0.15) is 53.1 Å². The van der Waals surface area contributed by atoms with E-state index in [1.165, 1.54) is 6.20 Å². The Morgan fingerprint density at radius 1 is 1.00 bits per heavy atom. The summed E-state index contributed by atoms with van der Waals surface area (Å²) in [6.07, 6.45) is 1.39. The summed E-state index contributed by atoms with van der Waals surface area (Å²) in [6.45, 7) is 12.4. The molecule has 0 saturated carbocycles. The van der Waals surface area contributed by atoms with Gasteiger partial charge < -0.3 is 9.94 Å². The van der Waals surface area contributed by atoms with Gasteiger partial charge in [0.15, 0.2) is 6.20 Å². The molecular weight excluding hydrogens is 278 g/mol. The minimum atomic E-state index is -0.205. The molecule has 5 nitrogen and oxygen atoms in total. The van der Waals surface area contributed by atoms with E-state index in [0.29, 0.717) is 16.4 Å². The van der Waals surface area contributed by atoms with Crippen molar-refractivity contribution in [3.63, 3.8) is 0 Å². The highest BCUT2D eigenvalue weighted by molar-refractivity contribution is 5.26. The van der Waals surface area contributed by atoms with E-state index >= 15 is 0 Å². The molecule has 0 aliphatic rings. The molecular formula is C17H23N3O2. The highest BCUT2D eigenvalue weighted by Gasteiger charge is 2.24. The number of aromatic nitrogens is 3. The quantitative estimate of drug-likeness (QED) is 0.629. The second-order valence-electron chi connectivity index (χ2n) is 7.38. The number of hydrogen-bond acceptors (Lipinski definition) is 4. The first-order chi connectivity index (χ1) is 10.1. The zero-order chi connectivity index (χ0) is 16.5. The fraction of sp³-hybridized carbons (Fsp3) is 0.471. The van der Waals surface area contributed by atoms with Crippen LogP contribution in [0, 0.1) is 5.21 Å². The maximum atomic E-state index is 11.7. The van der Waals surface area contributed by atoms with Crippen molar-refractivity contribution in [3.8, 4) is 11.8 Å². The Labute approximate surface area is 131 Å². The molecule has 0 aromatic carbocycles. The van der Waals surface area contributed by atoms with Crippen molar-refractivity contribution in [2.75, 3.05) is 0 Å². The monoisotopic (exact) mass is 301 g/mol. The molecule has 0 amide bonds. The average molecular weight is 301 g/mol. The molecule has 2 heterocycles. The molecule has 2 aromatic heterocycles. The maximum absolute atomic E-state index is 11.7. The molecule has 0 bridgehead atoms. The number of ether oxygens (including phenoxy) is 1. The van der Waals surface area contributed by atoms with Crippen LogP contribution in [0.4, 0.5) is 0 Å². The molecule has 0 N–H and O–H groups in total. The summed E-state index contributed by atoms with van der Waals surface area (Å²) in [7, 11) is 0. The van der Waals surface area contributed by atoms with Gasteiger partial charge in [0.2, 0.25) is 5.88 Å². The summed E-state index contributed by atoms with van der Waals surface area (Å²) >= 11 is 0. The molecule has 22 heavy (non-hydrogen) atoms. The molecule has 0 spiro atoms. The van der Waals surface area contributed by atoms with Crippen LogP contribution in [-0.4, -0.2) is 9.97 Å². The summed E-state index contributed by atoms with van der Waals surface area (Å²) in [4.78, 5) is 9.13. The van der Waals surface area contributed by atoms with Gasteiger partial charge in [-0.2, -0.15) is 4.98 Å². The standard InChI is InChI=1S/C17H23N3O2/c1-16(2,3)12-11-13(19-15(18-12)17(4,5)6)22-14-9-7-8-10-20(14)21/h7-11H,1-6H3. The Balaban J connectivity index is 2.49. The van der Waals surface area contributed by atoms with E-state index in [1.807, 2.05) is 0 Å². The fourth-order valence-corrected chi connectivity index (χ4v) is 1.80. The van der Waals surface area contributed by atoms with E-state index in [1.54, 1.807) is 24.3 Å². The van der Waals surface area contributed by atoms with Crippen molar-refractivity contribution >= 4 is 0 Å². The largest absolute Gasteiger partial charge is 0.616 e. The first-order valence-electron chi connectivity index (χ1n) is 7.33. The van der Waals surface area contributed by atoms with Crippen molar-refractivity contribution in [1.82, 2.24) is 9.97 Å². The van der Waals surface area contributed by atoms with E-state index in [0.717, 1.165) is 5.69 Å². The Bertz CT molecular complexity index is 638. The normalized spacial score (nSPS) is 12.3. The lowest BCUT2D eigenvalue weighted by Gasteiger charge is -2.23. The van der Waals surface area contributed by atoms with Gasteiger partial charge in [0.05, 0.1) is 11.8 Å². The van der Waals surface area contributed by atoms with Crippen molar-refractivity contribution in [2.45, 2.75) is 52.4 Å². The third-order valence-electron chi connectivity index (χ3n) is 3.14. The van der Waals surface area contributed by atoms with E-state index in [9.17, 15) is 5.21 Å². The van der Waals surface area contributed by atoms with Gasteiger partial charge in [0.1, 0.15) is 5.82 Å². The summed E-state index contributed by atoms with van der Waals surface area (Å²) in [5.41, 5.74) is 0.546. The van der Waals surface area contributed by atoms with Gasteiger partial charge in [-0.15, -0.1) is 4.73 Å². The maximum Gasteiger partial charge on any atom is 0.386 e. The number of nitrogens with zero attached hydrogens (tertiary/aromatic N) is 3. The Hall–Kier alpha value is -2.17. The molecule has 118 valence electrons. The van der Waals surface area contributed by atoms with Crippen molar-refractivity contribution < 1.29 is 9.47 Å². The predicted octanol–water partition coefficient (Wildman–Crippen LogP) is 3.50. The lowest BCUT2D eigenvalue weighted by atomic mass is 9.90. The molecule has 0 aliphatic heterocycles. The van der Waals surface area contributed by atoms with Gasteiger partial charge >= 0.3 is 5.88 Å². The van der Waals surface area contributed by atoms with Gasteiger partial charge in [0, 0.05) is 23.0 Å². The SMILES string of the molecule is CC(C)(C)c1cc(Oc2cccc[n+]2[O-])nc(C(C)(C)C)n1. The summed E-state index contributed by atoms with van der Waals surface area (Å²) in [5, 5.41) is 11.7. The minimum Gasteiger partial charge on any atom is -0.616 e. The second kappa shape index (κ2) is 5.55. The molecule has 0 saturated heterocycles.